The number of thiazole rings is 1. The lowest BCUT2D eigenvalue weighted by Crippen LogP contribution is -2.13. The van der Waals surface area contributed by atoms with E-state index in [2.05, 4.69) is 39.5 Å². The van der Waals surface area contributed by atoms with E-state index in [1.807, 2.05) is 19.1 Å². The molecule has 0 bridgehead atoms. The molecule has 0 spiro atoms. The maximum absolute atomic E-state index is 12.8. The van der Waals surface area contributed by atoms with Gasteiger partial charge in [-0.15, -0.1) is 0 Å². The highest BCUT2D eigenvalue weighted by molar-refractivity contribution is 7.98. The van der Waals surface area contributed by atoms with Crippen LogP contribution in [0.1, 0.15) is 34.3 Å². The molecule has 142 valence electrons. The number of thioether (sulfide) groups is 1. The largest absolute Gasteiger partial charge is 0.361 e. The second-order valence-corrected chi connectivity index (χ2v) is 8.20. The van der Waals surface area contributed by atoms with Crippen LogP contribution in [0.2, 0.25) is 0 Å². The van der Waals surface area contributed by atoms with Crippen molar-refractivity contribution in [2.24, 2.45) is 0 Å². The molecule has 0 aliphatic heterocycles. The summed E-state index contributed by atoms with van der Waals surface area (Å²) < 4.78 is 6.15. The van der Waals surface area contributed by atoms with Gasteiger partial charge >= 0.3 is 0 Å². The zero-order chi connectivity index (χ0) is 19.5. The van der Waals surface area contributed by atoms with Gasteiger partial charge in [-0.05, 0) is 43.2 Å². The summed E-state index contributed by atoms with van der Waals surface area (Å²) in [7, 11) is 0. The van der Waals surface area contributed by atoms with Gasteiger partial charge in [0.25, 0.3) is 5.91 Å². The Hall–Kier alpha value is -2.71. The van der Waals surface area contributed by atoms with Gasteiger partial charge in [0.05, 0.1) is 21.5 Å². The molecule has 0 aliphatic carbocycles. The first-order valence-electron chi connectivity index (χ1n) is 8.83. The number of nitrogens with zero attached hydrogens (tertiary/aromatic N) is 3. The first kappa shape index (κ1) is 18.6. The van der Waals surface area contributed by atoms with E-state index in [0.717, 1.165) is 28.1 Å². The van der Waals surface area contributed by atoms with Crippen LogP contribution in [0, 0.1) is 6.92 Å². The van der Waals surface area contributed by atoms with Crippen LogP contribution >= 0.6 is 23.1 Å². The number of rotatable bonds is 6. The van der Waals surface area contributed by atoms with Gasteiger partial charge in [0.2, 0.25) is 0 Å². The van der Waals surface area contributed by atoms with Gasteiger partial charge in [-0.3, -0.25) is 10.1 Å². The summed E-state index contributed by atoms with van der Waals surface area (Å²) >= 11 is 2.93. The third-order valence-corrected chi connectivity index (χ3v) is 6.10. The Morgan fingerprint density at radius 1 is 1.29 bits per heavy atom. The second kappa shape index (κ2) is 8.12. The number of nitrogens with one attached hydrogen (secondary N) is 1. The van der Waals surface area contributed by atoms with E-state index < -0.39 is 0 Å². The summed E-state index contributed by atoms with van der Waals surface area (Å²) in [6.07, 6.45) is 2.65. The van der Waals surface area contributed by atoms with E-state index in [1.54, 1.807) is 18.3 Å². The molecule has 0 fully saturated rings. The first-order chi connectivity index (χ1) is 13.6. The number of hydrogen-bond acceptors (Lipinski definition) is 7. The zero-order valence-corrected chi connectivity index (χ0v) is 17.1. The standard InChI is InChI=1S/C20H18N4O2S2/c1-3-13-6-7-16-17(10-13)28-20(22-16)23-18(25)15-5-4-8-21-19(15)27-11-14-9-12(2)26-24-14/h4-10H,3,11H2,1-2H3,(H,22,23,25). The lowest BCUT2D eigenvalue weighted by atomic mass is 10.2. The number of amides is 1. The molecule has 4 aromatic rings. The summed E-state index contributed by atoms with van der Waals surface area (Å²) in [5, 5.41) is 8.12. The fourth-order valence-corrected chi connectivity index (χ4v) is 4.51. The van der Waals surface area contributed by atoms with Crippen LogP contribution in [0.25, 0.3) is 10.2 Å². The number of fused-ring (bicyclic) bond motifs is 1. The van der Waals surface area contributed by atoms with E-state index in [1.165, 1.54) is 28.7 Å². The Kier molecular flexibility index (Phi) is 5.40. The third kappa shape index (κ3) is 4.07. The van der Waals surface area contributed by atoms with E-state index in [4.69, 9.17) is 4.52 Å². The topological polar surface area (TPSA) is 80.9 Å². The monoisotopic (exact) mass is 410 g/mol. The van der Waals surface area contributed by atoms with E-state index >= 15 is 0 Å². The van der Waals surface area contributed by atoms with Gasteiger partial charge in [0.15, 0.2) is 5.13 Å². The smallest absolute Gasteiger partial charge is 0.260 e. The highest BCUT2D eigenvalue weighted by Crippen LogP contribution is 2.29. The molecule has 0 aliphatic rings. The number of aryl methyl sites for hydroxylation is 2. The highest BCUT2D eigenvalue weighted by atomic mass is 32.2. The molecule has 6 nitrogen and oxygen atoms in total. The molecule has 0 radical (unpaired) electrons. The summed E-state index contributed by atoms with van der Waals surface area (Å²) in [4.78, 5) is 21.7. The fraction of sp³-hybridized carbons (Fsp3) is 0.200. The molecule has 3 aromatic heterocycles. The van der Waals surface area contributed by atoms with Crippen molar-refractivity contribution in [1.82, 2.24) is 15.1 Å². The van der Waals surface area contributed by atoms with Crippen molar-refractivity contribution in [2.75, 3.05) is 5.32 Å². The molecule has 0 saturated heterocycles. The van der Waals surface area contributed by atoms with Crippen LogP contribution in [0.5, 0.6) is 0 Å². The number of hydrogen-bond donors (Lipinski definition) is 1. The normalized spacial score (nSPS) is 11.1. The van der Waals surface area contributed by atoms with Crippen LogP contribution < -0.4 is 5.32 Å². The zero-order valence-electron chi connectivity index (χ0n) is 15.4. The third-order valence-electron chi connectivity index (χ3n) is 4.13. The Morgan fingerprint density at radius 3 is 2.96 bits per heavy atom. The van der Waals surface area contributed by atoms with Crippen molar-refractivity contribution in [3.05, 3.63) is 65.2 Å². The first-order valence-corrected chi connectivity index (χ1v) is 10.6. The number of carbonyl (C=O) groups is 1. The molecule has 0 unspecified atom stereocenters. The van der Waals surface area contributed by atoms with E-state index in [9.17, 15) is 4.79 Å². The quantitative estimate of drug-likeness (QED) is 0.446. The van der Waals surface area contributed by atoms with Crippen LogP contribution in [-0.4, -0.2) is 21.0 Å². The predicted molar refractivity (Wildman–Crippen MR) is 112 cm³/mol. The van der Waals surface area contributed by atoms with Gasteiger partial charge < -0.3 is 4.52 Å². The van der Waals surface area contributed by atoms with Crippen LogP contribution in [0.3, 0.4) is 0 Å². The van der Waals surface area contributed by atoms with Crippen molar-refractivity contribution in [3.63, 3.8) is 0 Å². The van der Waals surface area contributed by atoms with Crippen LogP contribution in [0.15, 0.2) is 52.1 Å². The van der Waals surface area contributed by atoms with Gasteiger partial charge in [-0.1, -0.05) is 41.2 Å². The van der Waals surface area contributed by atoms with Gasteiger partial charge in [-0.25, -0.2) is 9.97 Å². The molecule has 8 heteroatoms. The van der Waals surface area contributed by atoms with Crippen LogP contribution in [-0.2, 0) is 12.2 Å². The van der Waals surface area contributed by atoms with Crippen molar-refractivity contribution < 1.29 is 9.32 Å². The number of benzene rings is 1. The number of aromatic nitrogens is 3. The minimum atomic E-state index is -0.221. The van der Waals surface area contributed by atoms with Crippen molar-refractivity contribution >= 4 is 44.4 Å². The molecule has 0 saturated carbocycles. The second-order valence-electron chi connectivity index (χ2n) is 6.20. The van der Waals surface area contributed by atoms with Gasteiger partial charge in [-0.2, -0.15) is 0 Å². The maximum Gasteiger partial charge on any atom is 0.260 e. The molecule has 1 N–H and O–H groups in total. The van der Waals surface area contributed by atoms with Gasteiger partial charge in [0.1, 0.15) is 10.8 Å². The van der Waals surface area contributed by atoms with Crippen molar-refractivity contribution in [3.8, 4) is 0 Å². The molecule has 3 heterocycles. The van der Waals surface area contributed by atoms with Crippen molar-refractivity contribution in [2.45, 2.75) is 31.0 Å². The SMILES string of the molecule is CCc1ccc2nc(NC(=O)c3cccnc3SCc3cc(C)on3)sc2c1. The molecule has 0 atom stereocenters. The number of anilines is 1. The molecular formula is C20H18N4O2S2. The molecule has 4 rings (SSSR count). The van der Waals surface area contributed by atoms with Gasteiger partial charge in [0, 0.05) is 18.0 Å². The van der Waals surface area contributed by atoms with Crippen LogP contribution in [0.4, 0.5) is 5.13 Å². The Morgan fingerprint density at radius 2 is 2.18 bits per heavy atom. The Bertz CT molecular complexity index is 1140. The lowest BCUT2D eigenvalue weighted by molar-refractivity contribution is 0.102. The summed E-state index contributed by atoms with van der Waals surface area (Å²) in [5.41, 5.74) is 3.47. The summed E-state index contributed by atoms with van der Waals surface area (Å²) in [6.45, 7) is 3.97. The molecule has 1 amide bonds. The Balaban J connectivity index is 1.51. The number of carbonyl (C=O) groups excluding carboxylic acids is 1. The minimum absolute atomic E-state index is 0.221. The predicted octanol–water partition coefficient (Wildman–Crippen LogP) is 5.09. The number of pyridine rings is 1. The molecule has 28 heavy (non-hydrogen) atoms. The van der Waals surface area contributed by atoms with E-state index in [-0.39, 0.29) is 5.91 Å². The summed E-state index contributed by atoms with van der Waals surface area (Å²) in [5.74, 6) is 1.12. The molecular weight excluding hydrogens is 392 g/mol. The average molecular weight is 411 g/mol. The average Bonchev–Trinajstić information content (AvgIpc) is 3.31. The lowest BCUT2D eigenvalue weighted by Gasteiger charge is -2.06. The maximum atomic E-state index is 12.8. The van der Waals surface area contributed by atoms with Crippen molar-refractivity contribution in [1.29, 1.82) is 0 Å². The Labute approximate surface area is 170 Å². The van der Waals surface area contributed by atoms with E-state index in [0.29, 0.717) is 21.5 Å². The highest BCUT2D eigenvalue weighted by Gasteiger charge is 2.16. The molecule has 1 aromatic carbocycles. The summed E-state index contributed by atoms with van der Waals surface area (Å²) in [6, 6.07) is 11.6. The fourth-order valence-electron chi connectivity index (χ4n) is 2.71. The minimum Gasteiger partial charge on any atom is -0.361 e.